The SMILES string of the molecule is COC1CCN(CCN2CCN(C(C)C)CC2)CC1. The summed E-state index contributed by atoms with van der Waals surface area (Å²) in [6, 6.07) is 0.704. The van der Waals surface area contributed by atoms with Crippen LogP contribution in [0.2, 0.25) is 0 Å². The van der Waals surface area contributed by atoms with Gasteiger partial charge in [-0.05, 0) is 26.7 Å². The first kappa shape index (κ1) is 15.2. The highest BCUT2D eigenvalue weighted by atomic mass is 16.5. The standard InChI is InChI=1S/C15H31N3O/c1-14(2)18-12-10-17(11-13-18)9-8-16-6-4-15(19-3)5-7-16/h14-15H,4-13H2,1-3H3. The first-order chi connectivity index (χ1) is 9.19. The van der Waals surface area contributed by atoms with E-state index in [0.29, 0.717) is 12.1 Å². The van der Waals surface area contributed by atoms with Crippen LogP contribution in [0.15, 0.2) is 0 Å². The van der Waals surface area contributed by atoms with E-state index < -0.39 is 0 Å². The molecule has 0 radical (unpaired) electrons. The zero-order valence-corrected chi connectivity index (χ0v) is 13.0. The van der Waals surface area contributed by atoms with E-state index in [2.05, 4.69) is 28.5 Å². The highest BCUT2D eigenvalue weighted by molar-refractivity contribution is 4.77. The average Bonchev–Trinajstić information content (AvgIpc) is 2.46. The van der Waals surface area contributed by atoms with Gasteiger partial charge in [-0.3, -0.25) is 9.80 Å². The number of rotatable bonds is 5. The molecule has 2 heterocycles. The Balaban J connectivity index is 1.59. The van der Waals surface area contributed by atoms with Crippen molar-refractivity contribution in [1.29, 1.82) is 0 Å². The fourth-order valence-electron chi connectivity index (χ4n) is 3.15. The van der Waals surface area contributed by atoms with Crippen molar-refractivity contribution in [2.45, 2.75) is 38.8 Å². The summed E-state index contributed by atoms with van der Waals surface area (Å²) in [5.74, 6) is 0. The van der Waals surface area contributed by atoms with Gasteiger partial charge in [-0.2, -0.15) is 0 Å². The summed E-state index contributed by atoms with van der Waals surface area (Å²) in [6.07, 6.45) is 2.92. The monoisotopic (exact) mass is 269 g/mol. The summed E-state index contributed by atoms with van der Waals surface area (Å²) in [6.45, 7) is 14.5. The van der Waals surface area contributed by atoms with Crippen molar-refractivity contribution in [2.75, 3.05) is 59.5 Å². The van der Waals surface area contributed by atoms with Crippen LogP contribution >= 0.6 is 0 Å². The number of methoxy groups -OCH3 is 1. The number of hydrogen-bond donors (Lipinski definition) is 0. The Hall–Kier alpha value is -0.160. The Bertz CT molecular complexity index is 244. The summed E-state index contributed by atoms with van der Waals surface area (Å²) in [5.41, 5.74) is 0. The van der Waals surface area contributed by atoms with Gasteiger partial charge in [-0.15, -0.1) is 0 Å². The molecular weight excluding hydrogens is 238 g/mol. The molecule has 0 N–H and O–H groups in total. The van der Waals surface area contributed by atoms with Crippen LogP contribution in [0.3, 0.4) is 0 Å². The second kappa shape index (κ2) is 7.58. The predicted molar refractivity (Wildman–Crippen MR) is 79.6 cm³/mol. The zero-order chi connectivity index (χ0) is 13.7. The van der Waals surface area contributed by atoms with Crippen molar-refractivity contribution in [3.05, 3.63) is 0 Å². The molecule has 0 aromatic carbocycles. The van der Waals surface area contributed by atoms with E-state index >= 15 is 0 Å². The molecule has 4 nitrogen and oxygen atoms in total. The molecule has 2 aliphatic heterocycles. The molecule has 2 aliphatic rings. The van der Waals surface area contributed by atoms with E-state index in [4.69, 9.17) is 4.74 Å². The number of piperidine rings is 1. The topological polar surface area (TPSA) is 19.0 Å². The van der Waals surface area contributed by atoms with E-state index in [1.54, 1.807) is 0 Å². The van der Waals surface area contributed by atoms with Crippen LogP contribution < -0.4 is 0 Å². The first-order valence-electron chi connectivity index (χ1n) is 7.90. The molecule has 0 spiro atoms. The van der Waals surface area contributed by atoms with Crippen molar-refractivity contribution >= 4 is 0 Å². The highest BCUT2D eigenvalue weighted by Crippen LogP contribution is 2.13. The third kappa shape index (κ3) is 4.71. The Morgan fingerprint density at radius 1 is 0.895 bits per heavy atom. The van der Waals surface area contributed by atoms with Crippen LogP contribution in [0.5, 0.6) is 0 Å². The van der Waals surface area contributed by atoms with Crippen LogP contribution in [0.1, 0.15) is 26.7 Å². The fraction of sp³-hybridized carbons (Fsp3) is 1.00. The lowest BCUT2D eigenvalue weighted by Crippen LogP contribution is -2.50. The molecule has 19 heavy (non-hydrogen) atoms. The average molecular weight is 269 g/mol. The van der Waals surface area contributed by atoms with Gasteiger partial charge in [0, 0.05) is 65.5 Å². The van der Waals surface area contributed by atoms with Crippen LogP contribution in [0, 0.1) is 0 Å². The minimum atomic E-state index is 0.505. The number of hydrogen-bond acceptors (Lipinski definition) is 4. The van der Waals surface area contributed by atoms with E-state index in [-0.39, 0.29) is 0 Å². The number of nitrogens with zero attached hydrogens (tertiary/aromatic N) is 3. The smallest absolute Gasteiger partial charge is 0.0595 e. The summed E-state index contributed by atoms with van der Waals surface area (Å²) in [5, 5.41) is 0. The molecule has 0 atom stereocenters. The van der Waals surface area contributed by atoms with Gasteiger partial charge in [-0.1, -0.05) is 0 Å². The van der Waals surface area contributed by atoms with Gasteiger partial charge in [0.15, 0.2) is 0 Å². The molecule has 0 aliphatic carbocycles. The number of piperazine rings is 1. The zero-order valence-electron chi connectivity index (χ0n) is 13.0. The van der Waals surface area contributed by atoms with Crippen molar-refractivity contribution in [1.82, 2.24) is 14.7 Å². The summed E-state index contributed by atoms with van der Waals surface area (Å²) < 4.78 is 5.43. The Morgan fingerprint density at radius 2 is 1.42 bits per heavy atom. The Morgan fingerprint density at radius 3 is 1.89 bits per heavy atom. The second-order valence-corrected chi connectivity index (χ2v) is 6.25. The first-order valence-corrected chi connectivity index (χ1v) is 7.90. The van der Waals surface area contributed by atoms with E-state index in [1.807, 2.05) is 7.11 Å². The maximum Gasteiger partial charge on any atom is 0.0595 e. The van der Waals surface area contributed by atoms with E-state index in [1.165, 1.54) is 65.2 Å². The second-order valence-electron chi connectivity index (χ2n) is 6.25. The third-order valence-electron chi connectivity index (χ3n) is 4.74. The van der Waals surface area contributed by atoms with Gasteiger partial charge >= 0.3 is 0 Å². The highest BCUT2D eigenvalue weighted by Gasteiger charge is 2.21. The molecule has 2 rings (SSSR count). The summed E-state index contributed by atoms with van der Waals surface area (Å²) in [7, 11) is 1.84. The maximum absolute atomic E-state index is 5.43. The van der Waals surface area contributed by atoms with Gasteiger partial charge in [0.1, 0.15) is 0 Å². The van der Waals surface area contributed by atoms with Crippen LogP contribution in [-0.4, -0.2) is 86.3 Å². The van der Waals surface area contributed by atoms with Gasteiger partial charge in [0.05, 0.1) is 6.10 Å². The predicted octanol–water partition coefficient (Wildman–Crippen LogP) is 1.12. The fourth-order valence-corrected chi connectivity index (χ4v) is 3.15. The lowest BCUT2D eigenvalue weighted by molar-refractivity contribution is 0.0348. The molecular formula is C15H31N3O. The molecule has 0 aromatic rings. The normalized spacial score (nSPS) is 25.3. The van der Waals surface area contributed by atoms with Crippen LogP contribution in [0.4, 0.5) is 0 Å². The minimum absolute atomic E-state index is 0.505. The quantitative estimate of drug-likeness (QED) is 0.744. The molecule has 0 unspecified atom stereocenters. The molecule has 0 aromatic heterocycles. The molecule has 2 saturated heterocycles. The van der Waals surface area contributed by atoms with Gasteiger partial charge in [0.25, 0.3) is 0 Å². The maximum atomic E-state index is 5.43. The van der Waals surface area contributed by atoms with Gasteiger partial charge in [0.2, 0.25) is 0 Å². The lowest BCUT2D eigenvalue weighted by atomic mass is 10.1. The lowest BCUT2D eigenvalue weighted by Gasteiger charge is -2.38. The molecule has 0 amide bonds. The largest absolute Gasteiger partial charge is 0.381 e. The van der Waals surface area contributed by atoms with Crippen molar-refractivity contribution in [3.8, 4) is 0 Å². The van der Waals surface area contributed by atoms with Crippen LogP contribution in [-0.2, 0) is 4.74 Å². The minimum Gasteiger partial charge on any atom is -0.381 e. The van der Waals surface area contributed by atoms with E-state index in [0.717, 1.165) is 0 Å². The van der Waals surface area contributed by atoms with E-state index in [9.17, 15) is 0 Å². The van der Waals surface area contributed by atoms with Crippen molar-refractivity contribution in [2.24, 2.45) is 0 Å². The van der Waals surface area contributed by atoms with Crippen molar-refractivity contribution < 1.29 is 4.74 Å². The molecule has 0 bridgehead atoms. The molecule has 4 heteroatoms. The Labute approximate surface area is 118 Å². The third-order valence-corrected chi connectivity index (χ3v) is 4.74. The summed E-state index contributed by atoms with van der Waals surface area (Å²) >= 11 is 0. The van der Waals surface area contributed by atoms with Gasteiger partial charge in [-0.25, -0.2) is 0 Å². The molecule has 0 saturated carbocycles. The van der Waals surface area contributed by atoms with Crippen molar-refractivity contribution in [3.63, 3.8) is 0 Å². The van der Waals surface area contributed by atoms with Crippen LogP contribution in [0.25, 0.3) is 0 Å². The Kier molecular flexibility index (Phi) is 6.07. The van der Waals surface area contributed by atoms with Gasteiger partial charge < -0.3 is 9.64 Å². The molecule has 2 fully saturated rings. The number of likely N-dealkylation sites (tertiary alicyclic amines) is 1. The summed E-state index contributed by atoms with van der Waals surface area (Å²) in [4.78, 5) is 7.81. The number of ether oxygens (including phenoxy) is 1. The molecule has 112 valence electrons.